The smallest absolute Gasteiger partial charge is 0.224 e. The molecular weight excluding hydrogens is 192 g/mol. The van der Waals surface area contributed by atoms with Crippen LogP contribution in [0.15, 0.2) is 0 Å². The molecule has 0 saturated carbocycles. The first-order chi connectivity index (χ1) is 7.24. The highest BCUT2D eigenvalue weighted by molar-refractivity contribution is 5.78. The lowest BCUT2D eigenvalue weighted by Gasteiger charge is -2.28. The van der Waals surface area contributed by atoms with Gasteiger partial charge in [0, 0.05) is 26.8 Å². The van der Waals surface area contributed by atoms with Gasteiger partial charge in [-0.05, 0) is 32.9 Å². The minimum Gasteiger partial charge on any atom is -0.385 e. The Hall–Kier alpha value is -0.610. The van der Waals surface area contributed by atoms with Gasteiger partial charge in [-0.15, -0.1) is 0 Å². The molecule has 15 heavy (non-hydrogen) atoms. The number of hydrogen-bond acceptors (Lipinski definition) is 3. The Bertz CT molecular complexity index is 197. The lowest BCUT2D eigenvalue weighted by atomic mass is 9.97. The number of hydrogen-bond donors (Lipinski definition) is 1. The Morgan fingerprint density at radius 2 is 2.40 bits per heavy atom. The van der Waals surface area contributed by atoms with E-state index in [-0.39, 0.29) is 11.8 Å². The summed E-state index contributed by atoms with van der Waals surface area (Å²) in [5.74, 6) is 0.393. The second-order valence-electron chi connectivity index (χ2n) is 4.24. The number of likely N-dealkylation sites (tertiary alicyclic amines) is 1. The Kier molecular flexibility index (Phi) is 5.65. The minimum absolute atomic E-state index is 0.186. The van der Waals surface area contributed by atoms with Gasteiger partial charge in [0.2, 0.25) is 5.91 Å². The van der Waals surface area contributed by atoms with E-state index in [0.29, 0.717) is 6.61 Å². The van der Waals surface area contributed by atoms with Crippen LogP contribution >= 0.6 is 0 Å². The van der Waals surface area contributed by atoms with Crippen molar-refractivity contribution < 1.29 is 9.53 Å². The molecule has 1 aliphatic rings. The SMILES string of the molecule is COCCCNC(=O)[C@@H]1CCCN(C)C1. The molecule has 1 saturated heterocycles. The van der Waals surface area contributed by atoms with E-state index >= 15 is 0 Å². The van der Waals surface area contributed by atoms with Crippen molar-refractivity contribution in [3.05, 3.63) is 0 Å². The third kappa shape index (κ3) is 4.62. The summed E-state index contributed by atoms with van der Waals surface area (Å²) >= 11 is 0. The molecule has 1 N–H and O–H groups in total. The number of methoxy groups -OCH3 is 1. The summed E-state index contributed by atoms with van der Waals surface area (Å²) in [5, 5.41) is 2.96. The number of nitrogens with zero attached hydrogens (tertiary/aromatic N) is 1. The van der Waals surface area contributed by atoms with Gasteiger partial charge in [0.05, 0.1) is 5.92 Å². The maximum atomic E-state index is 11.7. The Balaban J connectivity index is 2.15. The lowest BCUT2D eigenvalue weighted by Crippen LogP contribution is -2.41. The minimum atomic E-state index is 0.186. The van der Waals surface area contributed by atoms with Crippen LogP contribution in [0.2, 0.25) is 0 Å². The topological polar surface area (TPSA) is 41.6 Å². The molecule has 0 radical (unpaired) electrons. The highest BCUT2D eigenvalue weighted by Gasteiger charge is 2.23. The fourth-order valence-electron chi connectivity index (χ4n) is 1.95. The second-order valence-corrected chi connectivity index (χ2v) is 4.24. The van der Waals surface area contributed by atoms with Gasteiger partial charge in [-0.25, -0.2) is 0 Å². The Morgan fingerprint density at radius 1 is 1.60 bits per heavy atom. The molecule has 1 rings (SSSR count). The molecule has 0 aromatic rings. The van der Waals surface area contributed by atoms with Crippen LogP contribution in [0.1, 0.15) is 19.3 Å². The number of rotatable bonds is 5. The van der Waals surface area contributed by atoms with Gasteiger partial charge in [-0.2, -0.15) is 0 Å². The first-order valence-electron chi connectivity index (χ1n) is 5.69. The van der Waals surface area contributed by atoms with Crippen LogP contribution in [-0.2, 0) is 9.53 Å². The number of carbonyl (C=O) groups is 1. The summed E-state index contributed by atoms with van der Waals surface area (Å²) < 4.78 is 4.93. The van der Waals surface area contributed by atoms with E-state index in [1.54, 1.807) is 7.11 Å². The van der Waals surface area contributed by atoms with E-state index in [0.717, 1.165) is 38.9 Å². The Labute approximate surface area is 92.0 Å². The fourth-order valence-corrected chi connectivity index (χ4v) is 1.95. The molecule has 1 aliphatic heterocycles. The summed E-state index contributed by atoms with van der Waals surface area (Å²) in [6.07, 6.45) is 3.05. The monoisotopic (exact) mass is 214 g/mol. The third-order valence-electron chi connectivity index (χ3n) is 2.82. The van der Waals surface area contributed by atoms with Crippen LogP contribution in [0.4, 0.5) is 0 Å². The molecule has 1 atom stereocenters. The Morgan fingerprint density at radius 3 is 3.07 bits per heavy atom. The van der Waals surface area contributed by atoms with Gasteiger partial charge in [0.1, 0.15) is 0 Å². The van der Waals surface area contributed by atoms with Crippen molar-refractivity contribution >= 4 is 5.91 Å². The van der Waals surface area contributed by atoms with E-state index in [1.165, 1.54) is 0 Å². The molecule has 4 heteroatoms. The van der Waals surface area contributed by atoms with Gasteiger partial charge >= 0.3 is 0 Å². The van der Waals surface area contributed by atoms with Crippen LogP contribution in [0.25, 0.3) is 0 Å². The molecule has 1 heterocycles. The first kappa shape index (κ1) is 12.5. The predicted octanol–water partition coefficient (Wildman–Crippen LogP) is 0.481. The van der Waals surface area contributed by atoms with Crippen LogP contribution < -0.4 is 5.32 Å². The van der Waals surface area contributed by atoms with Crippen LogP contribution in [0.3, 0.4) is 0 Å². The molecule has 0 spiro atoms. The number of ether oxygens (including phenoxy) is 1. The zero-order chi connectivity index (χ0) is 11.1. The molecule has 0 unspecified atom stereocenters. The number of nitrogens with one attached hydrogen (secondary N) is 1. The molecule has 0 aliphatic carbocycles. The zero-order valence-corrected chi connectivity index (χ0v) is 9.79. The lowest BCUT2D eigenvalue weighted by molar-refractivity contribution is -0.126. The molecule has 0 bridgehead atoms. The predicted molar refractivity (Wildman–Crippen MR) is 59.7 cm³/mol. The number of carbonyl (C=O) groups excluding carboxylic acids is 1. The van der Waals surface area contributed by atoms with Gasteiger partial charge < -0.3 is 15.0 Å². The van der Waals surface area contributed by atoms with E-state index in [9.17, 15) is 4.79 Å². The van der Waals surface area contributed by atoms with Crippen molar-refractivity contribution in [2.75, 3.05) is 40.4 Å². The summed E-state index contributed by atoms with van der Waals surface area (Å²) in [7, 11) is 3.75. The van der Waals surface area contributed by atoms with E-state index in [4.69, 9.17) is 4.74 Å². The molecular formula is C11H22N2O2. The number of piperidine rings is 1. The molecule has 0 aromatic carbocycles. The van der Waals surface area contributed by atoms with Crippen molar-refractivity contribution in [1.82, 2.24) is 10.2 Å². The molecule has 1 amide bonds. The van der Waals surface area contributed by atoms with Crippen molar-refractivity contribution in [2.24, 2.45) is 5.92 Å². The van der Waals surface area contributed by atoms with Crippen LogP contribution in [0, 0.1) is 5.92 Å². The van der Waals surface area contributed by atoms with Gasteiger partial charge in [0.25, 0.3) is 0 Å². The highest BCUT2D eigenvalue weighted by atomic mass is 16.5. The summed E-state index contributed by atoms with van der Waals surface area (Å²) in [5.41, 5.74) is 0. The third-order valence-corrected chi connectivity index (χ3v) is 2.82. The van der Waals surface area contributed by atoms with Gasteiger partial charge in [-0.1, -0.05) is 0 Å². The molecule has 0 aromatic heterocycles. The highest BCUT2D eigenvalue weighted by Crippen LogP contribution is 2.14. The summed E-state index contributed by atoms with van der Waals surface area (Å²) in [6.45, 7) is 3.46. The maximum Gasteiger partial charge on any atom is 0.224 e. The second kappa shape index (κ2) is 6.80. The van der Waals surface area contributed by atoms with Gasteiger partial charge in [0.15, 0.2) is 0 Å². The maximum absolute atomic E-state index is 11.7. The largest absolute Gasteiger partial charge is 0.385 e. The van der Waals surface area contributed by atoms with Gasteiger partial charge in [-0.3, -0.25) is 4.79 Å². The molecule has 88 valence electrons. The zero-order valence-electron chi connectivity index (χ0n) is 9.79. The quantitative estimate of drug-likeness (QED) is 0.677. The summed E-state index contributed by atoms with van der Waals surface area (Å²) in [4.78, 5) is 14.0. The average molecular weight is 214 g/mol. The summed E-state index contributed by atoms with van der Waals surface area (Å²) in [6, 6.07) is 0. The fraction of sp³-hybridized carbons (Fsp3) is 0.909. The van der Waals surface area contributed by atoms with Crippen molar-refractivity contribution in [1.29, 1.82) is 0 Å². The van der Waals surface area contributed by atoms with Crippen molar-refractivity contribution in [2.45, 2.75) is 19.3 Å². The molecule has 4 nitrogen and oxygen atoms in total. The first-order valence-corrected chi connectivity index (χ1v) is 5.69. The van der Waals surface area contributed by atoms with E-state index < -0.39 is 0 Å². The molecule has 1 fully saturated rings. The average Bonchev–Trinajstić information content (AvgIpc) is 2.24. The normalized spacial score (nSPS) is 22.7. The van der Waals surface area contributed by atoms with Crippen molar-refractivity contribution in [3.8, 4) is 0 Å². The van der Waals surface area contributed by atoms with Crippen LogP contribution in [0.5, 0.6) is 0 Å². The standard InChI is InChI=1S/C11H22N2O2/c1-13-7-3-5-10(9-13)11(14)12-6-4-8-15-2/h10H,3-9H2,1-2H3,(H,12,14)/t10-/m1/s1. The van der Waals surface area contributed by atoms with Crippen molar-refractivity contribution in [3.63, 3.8) is 0 Å². The van der Waals surface area contributed by atoms with Crippen LogP contribution in [-0.4, -0.2) is 51.2 Å². The van der Waals surface area contributed by atoms with E-state index in [1.807, 2.05) is 0 Å². The number of amides is 1. The van der Waals surface area contributed by atoms with E-state index in [2.05, 4.69) is 17.3 Å².